The van der Waals surface area contributed by atoms with Crippen molar-refractivity contribution in [2.24, 2.45) is 5.92 Å². The number of aliphatic carboxylic acids is 1. The summed E-state index contributed by atoms with van der Waals surface area (Å²) in [5.41, 5.74) is 8.29. The van der Waals surface area contributed by atoms with E-state index in [0.29, 0.717) is 23.0 Å². The summed E-state index contributed by atoms with van der Waals surface area (Å²) in [5.74, 6) is -0.141. The summed E-state index contributed by atoms with van der Waals surface area (Å²) >= 11 is 0. The lowest BCUT2D eigenvalue weighted by Crippen LogP contribution is -2.21. The Balaban J connectivity index is 0.00000102. The Morgan fingerprint density at radius 1 is 1.37 bits per heavy atom. The summed E-state index contributed by atoms with van der Waals surface area (Å²) in [4.78, 5) is 22.9. The number of nitrogens with one attached hydrogen (secondary N) is 1. The molecule has 8 nitrogen and oxygen atoms in total. The Labute approximate surface area is 157 Å². The fourth-order valence-electron chi connectivity index (χ4n) is 3.84. The molecule has 3 aromatic rings. The second-order valence-corrected chi connectivity index (χ2v) is 6.58. The molecule has 0 amide bonds. The molecule has 0 radical (unpaired) electrons. The summed E-state index contributed by atoms with van der Waals surface area (Å²) in [6.07, 6.45) is 9.50. The number of fused-ring (bicyclic) bond motifs is 1. The van der Waals surface area contributed by atoms with Gasteiger partial charge >= 0.3 is 5.97 Å². The van der Waals surface area contributed by atoms with Crippen molar-refractivity contribution in [3.8, 4) is 11.3 Å². The summed E-state index contributed by atoms with van der Waals surface area (Å²) in [7, 11) is 0. The lowest BCUT2D eigenvalue weighted by Gasteiger charge is -2.22. The van der Waals surface area contributed by atoms with Gasteiger partial charge in [-0.05, 0) is 24.8 Å². The van der Waals surface area contributed by atoms with Crippen molar-refractivity contribution in [1.82, 2.24) is 24.7 Å². The molecule has 27 heavy (non-hydrogen) atoms. The first-order valence-corrected chi connectivity index (χ1v) is 9.48. The smallest absolute Gasteiger partial charge is 0.305 e. The number of hydrogen-bond donors (Lipinski definition) is 3. The van der Waals surface area contributed by atoms with Crippen LogP contribution in [0.5, 0.6) is 0 Å². The number of hydrogen-bond acceptors (Lipinski definition) is 5. The fraction of sp³-hybridized carbons (Fsp3) is 0.474. The topological polar surface area (TPSA) is 123 Å². The summed E-state index contributed by atoms with van der Waals surface area (Å²) < 4.78 is 1.73. The van der Waals surface area contributed by atoms with E-state index in [4.69, 9.17) is 5.73 Å². The highest BCUT2D eigenvalue weighted by Gasteiger charge is 2.30. The molecular formula is C19H26N6O2. The van der Waals surface area contributed by atoms with E-state index in [0.717, 1.165) is 36.7 Å². The van der Waals surface area contributed by atoms with Crippen LogP contribution in [0.2, 0.25) is 0 Å². The predicted molar refractivity (Wildman–Crippen MR) is 104 cm³/mol. The molecule has 144 valence electrons. The van der Waals surface area contributed by atoms with Gasteiger partial charge in [-0.15, -0.1) is 0 Å². The first-order chi connectivity index (χ1) is 13.1. The van der Waals surface area contributed by atoms with E-state index < -0.39 is 5.97 Å². The van der Waals surface area contributed by atoms with Crippen LogP contribution in [0.15, 0.2) is 24.8 Å². The molecule has 1 aliphatic carbocycles. The lowest BCUT2D eigenvalue weighted by atomic mass is 9.95. The van der Waals surface area contributed by atoms with Crippen LogP contribution in [0.3, 0.4) is 0 Å². The zero-order chi connectivity index (χ0) is 19.4. The normalized spacial score (nSPS) is 15.5. The number of carbonyl (C=O) groups is 1. The molecule has 1 unspecified atom stereocenters. The molecule has 8 heteroatoms. The van der Waals surface area contributed by atoms with Crippen LogP contribution in [0.4, 0.5) is 5.82 Å². The molecule has 4 rings (SSSR count). The van der Waals surface area contributed by atoms with Gasteiger partial charge in [0.2, 0.25) is 0 Å². The van der Waals surface area contributed by atoms with Crippen molar-refractivity contribution in [2.45, 2.75) is 52.0 Å². The number of aromatic amines is 1. The maximum Gasteiger partial charge on any atom is 0.305 e. The SMILES string of the molecule is CC.Nc1nn(C(CC(=O)O)C2CCCC2)cc1-c1ncnc2[nH]ccc12. The number of nitrogens with zero attached hydrogens (tertiary/aromatic N) is 4. The predicted octanol–water partition coefficient (Wildman–Crippen LogP) is 3.64. The van der Waals surface area contributed by atoms with E-state index in [1.54, 1.807) is 10.9 Å². The molecule has 4 N–H and O–H groups in total. The van der Waals surface area contributed by atoms with Crippen LogP contribution in [-0.4, -0.2) is 35.8 Å². The van der Waals surface area contributed by atoms with Gasteiger partial charge < -0.3 is 15.8 Å². The van der Waals surface area contributed by atoms with E-state index >= 15 is 0 Å². The Bertz CT molecular complexity index is 910. The van der Waals surface area contributed by atoms with Crippen molar-refractivity contribution < 1.29 is 9.90 Å². The van der Waals surface area contributed by atoms with E-state index in [-0.39, 0.29) is 12.5 Å². The minimum atomic E-state index is -0.817. The van der Waals surface area contributed by atoms with Crippen molar-refractivity contribution in [1.29, 1.82) is 0 Å². The van der Waals surface area contributed by atoms with Gasteiger partial charge in [0.1, 0.15) is 12.0 Å². The molecule has 3 heterocycles. The number of anilines is 1. The molecule has 0 bridgehead atoms. The van der Waals surface area contributed by atoms with Gasteiger partial charge in [0.15, 0.2) is 5.82 Å². The van der Waals surface area contributed by atoms with Gasteiger partial charge in [0, 0.05) is 17.8 Å². The average molecular weight is 370 g/mol. The monoisotopic (exact) mass is 370 g/mol. The highest BCUT2D eigenvalue weighted by molar-refractivity contribution is 5.92. The second kappa shape index (κ2) is 8.20. The van der Waals surface area contributed by atoms with E-state index in [1.165, 1.54) is 6.33 Å². The van der Waals surface area contributed by atoms with Crippen LogP contribution in [0.1, 0.15) is 52.0 Å². The minimum Gasteiger partial charge on any atom is -0.481 e. The molecule has 1 fully saturated rings. The number of nitrogens with two attached hydrogens (primary N) is 1. The molecule has 0 saturated heterocycles. The first kappa shape index (κ1) is 18.9. The summed E-state index contributed by atoms with van der Waals surface area (Å²) in [5, 5.41) is 14.6. The Hall–Kier alpha value is -2.90. The number of aromatic nitrogens is 5. The quantitative estimate of drug-likeness (QED) is 0.630. The van der Waals surface area contributed by atoms with Gasteiger partial charge in [0.05, 0.1) is 23.7 Å². The molecule has 0 spiro atoms. The number of carboxylic acids is 1. The van der Waals surface area contributed by atoms with Crippen LogP contribution >= 0.6 is 0 Å². The van der Waals surface area contributed by atoms with Crippen LogP contribution in [-0.2, 0) is 4.79 Å². The van der Waals surface area contributed by atoms with Crippen LogP contribution in [0, 0.1) is 5.92 Å². The zero-order valence-corrected chi connectivity index (χ0v) is 15.7. The Morgan fingerprint density at radius 3 is 2.81 bits per heavy atom. The minimum absolute atomic E-state index is 0.0502. The number of H-pyrrole nitrogens is 1. The number of carboxylic acid groups (broad SMARTS) is 1. The standard InChI is InChI=1S/C17H20N6O2.C2H6/c18-16-12(15-11-5-6-19-17(11)21-9-20-15)8-23(22-16)13(7-14(24)25)10-3-1-2-4-10;1-2/h5-6,8-10,13H,1-4,7H2,(H2,18,22)(H,24,25)(H,19,20,21);1-2H3. The highest BCUT2D eigenvalue weighted by Crippen LogP contribution is 2.38. The molecule has 0 aliphatic heterocycles. The Morgan fingerprint density at radius 2 is 2.11 bits per heavy atom. The lowest BCUT2D eigenvalue weighted by molar-refractivity contribution is -0.138. The summed E-state index contributed by atoms with van der Waals surface area (Å²) in [6, 6.07) is 1.72. The van der Waals surface area contributed by atoms with Crippen molar-refractivity contribution in [3.63, 3.8) is 0 Å². The molecule has 1 saturated carbocycles. The molecule has 1 aliphatic rings. The fourth-order valence-corrected chi connectivity index (χ4v) is 3.84. The van der Waals surface area contributed by atoms with Gasteiger partial charge in [-0.1, -0.05) is 26.7 Å². The first-order valence-electron chi connectivity index (χ1n) is 9.48. The molecule has 1 atom stereocenters. The third-order valence-electron chi connectivity index (χ3n) is 5.04. The van der Waals surface area contributed by atoms with Crippen LogP contribution < -0.4 is 5.73 Å². The van der Waals surface area contributed by atoms with Crippen molar-refractivity contribution in [3.05, 3.63) is 24.8 Å². The largest absolute Gasteiger partial charge is 0.481 e. The van der Waals surface area contributed by atoms with E-state index in [9.17, 15) is 9.90 Å². The maximum atomic E-state index is 11.3. The van der Waals surface area contributed by atoms with Gasteiger partial charge in [-0.25, -0.2) is 9.97 Å². The number of nitrogen functional groups attached to an aromatic ring is 1. The maximum absolute atomic E-state index is 11.3. The Kier molecular flexibility index (Phi) is 5.73. The van der Waals surface area contributed by atoms with Gasteiger partial charge in [-0.3, -0.25) is 9.48 Å². The third kappa shape index (κ3) is 3.79. The summed E-state index contributed by atoms with van der Waals surface area (Å²) in [6.45, 7) is 4.00. The highest BCUT2D eigenvalue weighted by atomic mass is 16.4. The van der Waals surface area contributed by atoms with E-state index in [2.05, 4.69) is 20.1 Å². The molecule has 3 aromatic heterocycles. The van der Waals surface area contributed by atoms with Crippen LogP contribution in [0.25, 0.3) is 22.3 Å². The van der Waals surface area contributed by atoms with Gasteiger partial charge in [-0.2, -0.15) is 5.10 Å². The van der Waals surface area contributed by atoms with Crippen molar-refractivity contribution in [2.75, 3.05) is 5.73 Å². The van der Waals surface area contributed by atoms with Gasteiger partial charge in [0.25, 0.3) is 0 Å². The van der Waals surface area contributed by atoms with E-state index in [1.807, 2.05) is 26.1 Å². The zero-order valence-electron chi connectivity index (χ0n) is 15.7. The average Bonchev–Trinajstić information content (AvgIpc) is 3.41. The second-order valence-electron chi connectivity index (χ2n) is 6.58. The third-order valence-corrected chi connectivity index (χ3v) is 5.04. The molecular weight excluding hydrogens is 344 g/mol. The van der Waals surface area contributed by atoms with Crippen molar-refractivity contribution >= 4 is 22.8 Å². The molecule has 0 aromatic carbocycles. The number of rotatable bonds is 5.